The van der Waals surface area contributed by atoms with Gasteiger partial charge in [0.2, 0.25) is 0 Å². The van der Waals surface area contributed by atoms with Crippen molar-refractivity contribution in [2.24, 2.45) is 0 Å². The van der Waals surface area contributed by atoms with Crippen molar-refractivity contribution in [1.82, 2.24) is 15.5 Å². The molecule has 0 spiro atoms. The van der Waals surface area contributed by atoms with Crippen molar-refractivity contribution in [2.45, 2.75) is 18.9 Å². The quantitative estimate of drug-likeness (QED) is 0.708. The Hall–Kier alpha value is -2.19. The number of nitrogens with one attached hydrogen (secondary N) is 2. The molecule has 8 nitrogen and oxygen atoms in total. The zero-order chi connectivity index (χ0) is 19.1. The molecule has 0 saturated carbocycles. The molecule has 156 valence electrons. The fourth-order valence-electron chi connectivity index (χ4n) is 3.35. The summed E-state index contributed by atoms with van der Waals surface area (Å²) in [5.41, 5.74) is 1.08. The number of hydrogen-bond donors (Lipinski definition) is 2. The summed E-state index contributed by atoms with van der Waals surface area (Å²) in [6, 6.07) is 7.96. The van der Waals surface area contributed by atoms with Crippen LogP contribution in [0.2, 0.25) is 0 Å². The minimum atomic E-state index is -0.405. The van der Waals surface area contributed by atoms with Gasteiger partial charge in [0.25, 0.3) is 0 Å². The third-order valence-corrected chi connectivity index (χ3v) is 5.02. The maximum atomic E-state index is 12.4. The lowest BCUT2D eigenvalue weighted by Crippen LogP contribution is -2.54. The molecule has 28 heavy (non-hydrogen) atoms. The molecular weight excluding hydrogens is 384 g/mol. The number of rotatable bonds is 5. The van der Waals surface area contributed by atoms with E-state index >= 15 is 0 Å². The maximum absolute atomic E-state index is 12.4. The zero-order valence-electron chi connectivity index (χ0n) is 16.2. The number of nitrogens with zero attached hydrogens (tertiary/aromatic N) is 2. The maximum Gasteiger partial charge on any atom is 0.343 e. The van der Waals surface area contributed by atoms with Gasteiger partial charge in [-0.3, -0.25) is 0 Å². The molecule has 2 aliphatic heterocycles. The van der Waals surface area contributed by atoms with Crippen molar-refractivity contribution in [3.05, 3.63) is 24.3 Å². The summed E-state index contributed by atoms with van der Waals surface area (Å²) in [4.78, 5) is 27.7. The first-order chi connectivity index (χ1) is 13.2. The molecule has 0 bridgehead atoms. The van der Waals surface area contributed by atoms with Gasteiger partial charge >= 0.3 is 12.0 Å². The summed E-state index contributed by atoms with van der Waals surface area (Å²) in [7, 11) is 1.33. The van der Waals surface area contributed by atoms with Crippen molar-refractivity contribution >= 4 is 30.1 Å². The van der Waals surface area contributed by atoms with E-state index in [1.54, 1.807) is 0 Å². The van der Waals surface area contributed by atoms with E-state index in [1.165, 1.54) is 7.11 Å². The summed E-state index contributed by atoms with van der Waals surface area (Å²) in [6.45, 7) is 4.84. The Morgan fingerprint density at radius 1 is 1.11 bits per heavy atom. The monoisotopic (exact) mass is 412 g/mol. The predicted molar refractivity (Wildman–Crippen MR) is 109 cm³/mol. The summed E-state index contributed by atoms with van der Waals surface area (Å²) in [5, 5.41) is 6.46. The van der Waals surface area contributed by atoms with Crippen LogP contribution in [0.4, 0.5) is 10.5 Å². The van der Waals surface area contributed by atoms with Crippen LogP contribution in [-0.4, -0.2) is 75.9 Å². The largest absolute Gasteiger partial charge is 0.482 e. The molecule has 2 N–H and O–H groups in total. The minimum absolute atomic E-state index is 0. The Morgan fingerprint density at radius 3 is 2.36 bits per heavy atom. The van der Waals surface area contributed by atoms with Crippen molar-refractivity contribution in [2.75, 3.05) is 57.9 Å². The van der Waals surface area contributed by atoms with E-state index in [1.807, 2.05) is 29.2 Å². The van der Waals surface area contributed by atoms with Gasteiger partial charge in [0.05, 0.1) is 7.11 Å². The molecule has 2 fully saturated rings. The van der Waals surface area contributed by atoms with E-state index < -0.39 is 5.97 Å². The second kappa shape index (κ2) is 11.0. The van der Waals surface area contributed by atoms with E-state index in [2.05, 4.69) is 20.3 Å². The summed E-state index contributed by atoms with van der Waals surface area (Å²) in [5.74, 6) is 0.224. The van der Waals surface area contributed by atoms with Crippen LogP contribution in [-0.2, 0) is 9.53 Å². The average molecular weight is 413 g/mol. The second-order valence-electron chi connectivity index (χ2n) is 6.81. The molecule has 3 rings (SSSR count). The highest BCUT2D eigenvalue weighted by molar-refractivity contribution is 5.85. The van der Waals surface area contributed by atoms with Crippen LogP contribution in [0.3, 0.4) is 0 Å². The molecule has 2 aliphatic rings. The molecule has 0 aliphatic carbocycles. The minimum Gasteiger partial charge on any atom is -0.482 e. The average Bonchev–Trinajstić information content (AvgIpc) is 2.73. The van der Waals surface area contributed by atoms with Crippen molar-refractivity contribution < 1.29 is 19.1 Å². The summed E-state index contributed by atoms with van der Waals surface area (Å²) < 4.78 is 9.92. The van der Waals surface area contributed by atoms with E-state index in [4.69, 9.17) is 4.74 Å². The van der Waals surface area contributed by atoms with Crippen LogP contribution in [0, 0.1) is 0 Å². The van der Waals surface area contributed by atoms with Crippen LogP contribution < -0.4 is 20.3 Å². The standard InChI is InChI=1S/C19H28N4O4.ClH/c1-26-18(24)14-27-17-4-2-16(3-5-17)22-10-12-23(13-11-22)19(25)21-15-6-8-20-9-7-15;/h2-5,15,20H,6-14H2,1H3,(H,21,25);1H. The van der Waals surface area contributed by atoms with Gasteiger partial charge in [-0.15, -0.1) is 12.4 Å². The lowest BCUT2D eigenvalue weighted by Gasteiger charge is -2.37. The van der Waals surface area contributed by atoms with Crippen molar-refractivity contribution in [1.29, 1.82) is 0 Å². The number of amides is 2. The van der Waals surface area contributed by atoms with Crippen LogP contribution >= 0.6 is 12.4 Å². The summed E-state index contributed by atoms with van der Waals surface area (Å²) >= 11 is 0. The molecule has 0 radical (unpaired) electrons. The lowest BCUT2D eigenvalue weighted by atomic mass is 10.1. The van der Waals surface area contributed by atoms with E-state index in [0.29, 0.717) is 18.8 Å². The Labute approximate surface area is 171 Å². The number of ether oxygens (including phenoxy) is 2. The van der Waals surface area contributed by atoms with Gasteiger partial charge < -0.3 is 29.9 Å². The molecule has 0 atom stereocenters. The Balaban J connectivity index is 0.00000280. The van der Waals surface area contributed by atoms with Gasteiger partial charge in [0.15, 0.2) is 6.61 Å². The fourth-order valence-corrected chi connectivity index (χ4v) is 3.35. The number of piperidine rings is 1. The molecule has 9 heteroatoms. The number of carbonyl (C=O) groups excluding carboxylic acids is 2. The van der Waals surface area contributed by atoms with Gasteiger partial charge in [-0.2, -0.15) is 0 Å². The fraction of sp³-hybridized carbons (Fsp3) is 0.579. The van der Waals surface area contributed by atoms with E-state index in [0.717, 1.165) is 44.7 Å². The Morgan fingerprint density at radius 2 is 1.75 bits per heavy atom. The Bertz CT molecular complexity index is 629. The van der Waals surface area contributed by atoms with Gasteiger partial charge in [-0.05, 0) is 50.2 Å². The first-order valence-electron chi connectivity index (χ1n) is 9.46. The van der Waals surface area contributed by atoms with E-state index in [9.17, 15) is 9.59 Å². The third-order valence-electron chi connectivity index (χ3n) is 5.02. The molecule has 1 aromatic rings. The van der Waals surface area contributed by atoms with Gasteiger partial charge in [0, 0.05) is 37.9 Å². The van der Waals surface area contributed by atoms with Crippen molar-refractivity contribution in [3.63, 3.8) is 0 Å². The van der Waals surface area contributed by atoms with Crippen molar-refractivity contribution in [3.8, 4) is 5.75 Å². The van der Waals surface area contributed by atoms with Gasteiger partial charge in [0.1, 0.15) is 5.75 Å². The van der Waals surface area contributed by atoms with Crippen LogP contribution in [0.25, 0.3) is 0 Å². The number of benzene rings is 1. The number of carbonyl (C=O) groups is 2. The molecule has 0 unspecified atom stereocenters. The van der Waals surface area contributed by atoms with Crippen LogP contribution in [0.5, 0.6) is 5.75 Å². The molecule has 1 aromatic carbocycles. The zero-order valence-corrected chi connectivity index (χ0v) is 17.0. The van der Waals surface area contributed by atoms with Crippen LogP contribution in [0.15, 0.2) is 24.3 Å². The number of esters is 1. The Kier molecular flexibility index (Phi) is 8.66. The SMILES string of the molecule is COC(=O)COc1ccc(N2CCN(C(=O)NC3CCNCC3)CC2)cc1.Cl. The summed E-state index contributed by atoms with van der Waals surface area (Å²) in [6.07, 6.45) is 1.99. The molecule has 2 amide bonds. The lowest BCUT2D eigenvalue weighted by molar-refractivity contribution is -0.142. The van der Waals surface area contributed by atoms with E-state index in [-0.39, 0.29) is 31.1 Å². The topological polar surface area (TPSA) is 83.1 Å². The molecular formula is C19H29ClN4O4. The van der Waals surface area contributed by atoms with Gasteiger partial charge in [-0.1, -0.05) is 0 Å². The molecule has 2 heterocycles. The highest BCUT2D eigenvalue weighted by Gasteiger charge is 2.23. The second-order valence-corrected chi connectivity index (χ2v) is 6.81. The number of methoxy groups -OCH3 is 1. The number of hydrogen-bond acceptors (Lipinski definition) is 6. The first-order valence-corrected chi connectivity index (χ1v) is 9.46. The smallest absolute Gasteiger partial charge is 0.343 e. The predicted octanol–water partition coefficient (Wildman–Crippen LogP) is 1.24. The number of anilines is 1. The highest BCUT2D eigenvalue weighted by atomic mass is 35.5. The van der Waals surface area contributed by atoms with Gasteiger partial charge in [-0.25, -0.2) is 9.59 Å². The third kappa shape index (κ3) is 6.17. The number of urea groups is 1. The number of piperazine rings is 1. The first kappa shape index (κ1) is 22.1. The molecule has 2 saturated heterocycles. The van der Waals surface area contributed by atoms with Crippen LogP contribution in [0.1, 0.15) is 12.8 Å². The number of halogens is 1. The highest BCUT2D eigenvalue weighted by Crippen LogP contribution is 2.21. The normalized spacial score (nSPS) is 17.5. The molecule has 0 aromatic heterocycles.